The van der Waals surface area contributed by atoms with Gasteiger partial charge in [0, 0.05) is 24.2 Å². The Morgan fingerprint density at radius 2 is 2.14 bits per heavy atom. The number of rotatable bonds is 8. The van der Waals surface area contributed by atoms with Crippen LogP contribution < -0.4 is 10.1 Å². The molecule has 1 unspecified atom stereocenters. The van der Waals surface area contributed by atoms with Crippen LogP contribution in [-0.2, 0) is 0 Å². The Bertz CT molecular complexity index is 443. The molecule has 3 heteroatoms. The molecule has 1 fully saturated rings. The largest absolute Gasteiger partial charge is 0.496 e. The summed E-state index contributed by atoms with van der Waals surface area (Å²) in [4.78, 5) is 2.51. The van der Waals surface area contributed by atoms with Crippen LogP contribution in [0, 0.1) is 6.92 Å². The van der Waals surface area contributed by atoms with E-state index < -0.39 is 0 Å². The highest BCUT2D eigenvalue weighted by atomic mass is 16.5. The van der Waals surface area contributed by atoms with E-state index in [9.17, 15) is 0 Å². The van der Waals surface area contributed by atoms with Gasteiger partial charge in [0.15, 0.2) is 0 Å². The lowest BCUT2D eigenvalue weighted by atomic mass is 9.91. The summed E-state index contributed by atoms with van der Waals surface area (Å²) in [5, 5.41) is 3.70. The zero-order valence-corrected chi connectivity index (χ0v) is 14.0. The second-order valence-electron chi connectivity index (χ2n) is 6.28. The zero-order valence-electron chi connectivity index (χ0n) is 14.0. The maximum absolute atomic E-state index is 5.59. The summed E-state index contributed by atoms with van der Waals surface area (Å²) in [5.74, 6) is 0.996. The van der Waals surface area contributed by atoms with E-state index in [1.807, 2.05) is 0 Å². The van der Waals surface area contributed by atoms with Gasteiger partial charge in [-0.15, -0.1) is 0 Å². The maximum atomic E-state index is 5.59. The summed E-state index contributed by atoms with van der Waals surface area (Å²) in [6, 6.07) is 7.58. The van der Waals surface area contributed by atoms with Gasteiger partial charge < -0.3 is 15.0 Å². The van der Waals surface area contributed by atoms with Crippen molar-refractivity contribution in [2.75, 3.05) is 27.2 Å². The minimum atomic E-state index is 0.338. The van der Waals surface area contributed by atoms with E-state index in [0.717, 1.165) is 31.3 Å². The summed E-state index contributed by atoms with van der Waals surface area (Å²) in [6.45, 7) is 6.45. The Kier molecular flexibility index (Phi) is 6.07. The average molecular weight is 290 g/mol. The molecule has 0 spiro atoms. The van der Waals surface area contributed by atoms with Gasteiger partial charge in [-0.25, -0.2) is 0 Å². The van der Waals surface area contributed by atoms with Crippen LogP contribution in [0.5, 0.6) is 5.75 Å². The number of nitrogens with one attached hydrogen (secondary N) is 1. The lowest BCUT2D eigenvalue weighted by molar-refractivity contribution is 0.144. The fraction of sp³-hybridized carbons (Fsp3) is 0.667. The van der Waals surface area contributed by atoms with Gasteiger partial charge in [0.1, 0.15) is 5.75 Å². The molecule has 21 heavy (non-hydrogen) atoms. The normalized spacial score (nSPS) is 16.8. The van der Waals surface area contributed by atoms with Crippen molar-refractivity contribution >= 4 is 0 Å². The highest BCUT2D eigenvalue weighted by Crippen LogP contribution is 2.30. The van der Waals surface area contributed by atoms with Crippen molar-refractivity contribution in [3.63, 3.8) is 0 Å². The van der Waals surface area contributed by atoms with Crippen LogP contribution in [-0.4, -0.2) is 38.2 Å². The number of likely N-dealkylation sites (N-methyl/N-ethyl adjacent to an activating group) is 1. The molecule has 1 aromatic rings. The van der Waals surface area contributed by atoms with Crippen LogP contribution in [0.2, 0.25) is 0 Å². The smallest absolute Gasteiger partial charge is 0.123 e. The standard InChI is InChI=1S/C18H30N2O/c1-5-11-19-17(13-20(3)15-7-6-8-15)16-12-14(2)9-10-18(16)21-4/h9-10,12,15,17,19H,5-8,11,13H2,1-4H3. The summed E-state index contributed by atoms with van der Waals surface area (Å²) >= 11 is 0. The molecular formula is C18H30N2O. The average Bonchev–Trinajstić information content (AvgIpc) is 2.41. The number of ether oxygens (including phenoxy) is 1. The van der Waals surface area contributed by atoms with E-state index in [1.165, 1.54) is 30.4 Å². The number of hydrogen-bond donors (Lipinski definition) is 1. The first kappa shape index (κ1) is 16.3. The highest BCUT2D eigenvalue weighted by molar-refractivity contribution is 5.39. The number of methoxy groups -OCH3 is 1. The molecule has 1 N–H and O–H groups in total. The van der Waals surface area contributed by atoms with E-state index in [1.54, 1.807) is 7.11 Å². The molecule has 1 atom stereocenters. The Morgan fingerprint density at radius 3 is 2.71 bits per heavy atom. The van der Waals surface area contributed by atoms with Crippen LogP contribution in [0.15, 0.2) is 18.2 Å². The van der Waals surface area contributed by atoms with Crippen molar-refractivity contribution in [2.24, 2.45) is 0 Å². The van der Waals surface area contributed by atoms with Gasteiger partial charge in [-0.05, 0) is 45.8 Å². The lowest BCUT2D eigenvalue weighted by Gasteiger charge is -2.37. The van der Waals surface area contributed by atoms with Crippen molar-refractivity contribution in [3.05, 3.63) is 29.3 Å². The predicted octanol–water partition coefficient (Wildman–Crippen LogP) is 3.53. The summed E-state index contributed by atoms with van der Waals surface area (Å²) in [6.07, 6.45) is 5.23. The Labute approximate surface area is 129 Å². The van der Waals surface area contributed by atoms with Gasteiger partial charge >= 0.3 is 0 Å². The summed E-state index contributed by atoms with van der Waals surface area (Å²) < 4.78 is 5.59. The minimum absolute atomic E-state index is 0.338. The molecule has 1 aromatic carbocycles. The Balaban J connectivity index is 2.15. The fourth-order valence-corrected chi connectivity index (χ4v) is 2.98. The van der Waals surface area contributed by atoms with E-state index in [4.69, 9.17) is 4.74 Å². The summed E-state index contributed by atoms with van der Waals surface area (Å²) in [7, 11) is 4.02. The third-order valence-corrected chi connectivity index (χ3v) is 4.57. The van der Waals surface area contributed by atoms with Gasteiger partial charge in [0.2, 0.25) is 0 Å². The molecule has 1 saturated carbocycles. The maximum Gasteiger partial charge on any atom is 0.123 e. The third kappa shape index (κ3) is 4.21. The van der Waals surface area contributed by atoms with Gasteiger partial charge in [-0.3, -0.25) is 0 Å². The van der Waals surface area contributed by atoms with Crippen LogP contribution in [0.1, 0.15) is 49.8 Å². The number of hydrogen-bond acceptors (Lipinski definition) is 3. The van der Waals surface area contributed by atoms with Crippen LogP contribution in [0.25, 0.3) is 0 Å². The molecule has 0 saturated heterocycles. The Hall–Kier alpha value is -1.06. The second kappa shape index (κ2) is 7.81. The van der Waals surface area contributed by atoms with Crippen molar-refractivity contribution < 1.29 is 4.74 Å². The van der Waals surface area contributed by atoms with Gasteiger partial charge in [-0.2, -0.15) is 0 Å². The van der Waals surface area contributed by atoms with Gasteiger partial charge in [-0.1, -0.05) is 31.0 Å². The highest BCUT2D eigenvalue weighted by Gasteiger charge is 2.25. The van der Waals surface area contributed by atoms with Crippen molar-refractivity contribution in [2.45, 2.75) is 51.6 Å². The lowest BCUT2D eigenvalue weighted by Crippen LogP contribution is -2.42. The number of benzene rings is 1. The SMILES string of the molecule is CCCNC(CN(C)C1CCC1)c1cc(C)ccc1OC. The van der Waals surface area contributed by atoms with Crippen molar-refractivity contribution in [1.82, 2.24) is 10.2 Å². The predicted molar refractivity (Wildman–Crippen MR) is 89.0 cm³/mol. The third-order valence-electron chi connectivity index (χ3n) is 4.57. The topological polar surface area (TPSA) is 24.5 Å². The van der Waals surface area contributed by atoms with E-state index >= 15 is 0 Å². The molecule has 0 bridgehead atoms. The van der Waals surface area contributed by atoms with Gasteiger partial charge in [0.25, 0.3) is 0 Å². The molecule has 0 heterocycles. The van der Waals surface area contributed by atoms with E-state index in [2.05, 4.69) is 49.3 Å². The molecule has 0 aromatic heterocycles. The van der Waals surface area contributed by atoms with E-state index in [0.29, 0.717) is 6.04 Å². The van der Waals surface area contributed by atoms with E-state index in [-0.39, 0.29) is 0 Å². The van der Waals surface area contributed by atoms with Crippen molar-refractivity contribution in [3.8, 4) is 5.75 Å². The van der Waals surface area contributed by atoms with Crippen molar-refractivity contribution in [1.29, 1.82) is 0 Å². The monoisotopic (exact) mass is 290 g/mol. The molecule has 118 valence electrons. The second-order valence-corrected chi connectivity index (χ2v) is 6.28. The molecule has 0 amide bonds. The number of aryl methyl sites for hydroxylation is 1. The number of nitrogens with zero attached hydrogens (tertiary/aromatic N) is 1. The van der Waals surface area contributed by atoms with Crippen LogP contribution in [0.4, 0.5) is 0 Å². The first-order chi connectivity index (χ1) is 10.2. The molecule has 0 aliphatic heterocycles. The zero-order chi connectivity index (χ0) is 15.2. The van der Waals surface area contributed by atoms with Crippen LogP contribution in [0.3, 0.4) is 0 Å². The molecule has 2 rings (SSSR count). The molecule has 3 nitrogen and oxygen atoms in total. The first-order valence-electron chi connectivity index (χ1n) is 8.23. The molecule has 1 aliphatic carbocycles. The molecule has 0 radical (unpaired) electrons. The minimum Gasteiger partial charge on any atom is -0.496 e. The molecular weight excluding hydrogens is 260 g/mol. The van der Waals surface area contributed by atoms with Crippen LogP contribution >= 0.6 is 0 Å². The quantitative estimate of drug-likeness (QED) is 0.792. The summed E-state index contributed by atoms with van der Waals surface area (Å²) in [5.41, 5.74) is 2.58. The fourth-order valence-electron chi connectivity index (χ4n) is 2.98. The van der Waals surface area contributed by atoms with Gasteiger partial charge in [0.05, 0.1) is 7.11 Å². The Morgan fingerprint density at radius 1 is 1.38 bits per heavy atom. The molecule has 1 aliphatic rings. The first-order valence-corrected chi connectivity index (χ1v) is 8.23.